The summed E-state index contributed by atoms with van der Waals surface area (Å²) in [4.78, 5) is 12.1. The molecule has 1 rings (SSSR count). The van der Waals surface area contributed by atoms with E-state index in [2.05, 4.69) is 5.32 Å². The Morgan fingerprint density at radius 1 is 1.24 bits per heavy atom. The lowest BCUT2D eigenvalue weighted by atomic mass is 9.84. The molecule has 4 nitrogen and oxygen atoms in total. The molecule has 0 aromatic heterocycles. The lowest BCUT2D eigenvalue weighted by Crippen LogP contribution is -2.49. The fourth-order valence-corrected chi connectivity index (χ4v) is 2.46. The van der Waals surface area contributed by atoms with Crippen molar-refractivity contribution >= 4 is 5.91 Å². The van der Waals surface area contributed by atoms with Crippen molar-refractivity contribution in [1.29, 1.82) is 0 Å². The average Bonchev–Trinajstić information content (AvgIpc) is 2.39. The zero-order valence-corrected chi connectivity index (χ0v) is 11.0. The molecule has 100 valence electrons. The van der Waals surface area contributed by atoms with Crippen molar-refractivity contribution in [2.24, 2.45) is 5.73 Å². The number of nitrogens with one attached hydrogen (secondary N) is 1. The molecule has 0 saturated heterocycles. The number of nitrogens with two attached hydrogens (primary N) is 1. The summed E-state index contributed by atoms with van der Waals surface area (Å²) in [5.41, 5.74) is 4.87. The zero-order chi connectivity index (χ0) is 12.6. The third-order valence-electron chi connectivity index (χ3n) is 3.63. The molecule has 0 aliphatic heterocycles. The second-order valence-corrected chi connectivity index (χ2v) is 4.86. The zero-order valence-electron chi connectivity index (χ0n) is 11.0. The van der Waals surface area contributed by atoms with Gasteiger partial charge in [0.25, 0.3) is 5.91 Å². The van der Waals surface area contributed by atoms with Crippen LogP contribution in [0, 0.1) is 0 Å². The third-order valence-corrected chi connectivity index (χ3v) is 3.63. The minimum absolute atomic E-state index is 0.0763. The monoisotopic (exact) mass is 242 g/mol. The predicted molar refractivity (Wildman–Crippen MR) is 68.7 cm³/mol. The summed E-state index contributed by atoms with van der Waals surface area (Å²) in [6.45, 7) is 1.47. The number of amides is 1. The molecule has 3 N–H and O–H groups in total. The van der Waals surface area contributed by atoms with E-state index in [4.69, 9.17) is 10.5 Å². The average molecular weight is 242 g/mol. The van der Waals surface area contributed by atoms with Gasteiger partial charge < -0.3 is 15.8 Å². The minimum atomic E-state index is -0.549. The highest BCUT2D eigenvalue weighted by Gasteiger charge is 2.39. The predicted octanol–water partition coefficient (Wildman–Crippen LogP) is 1.58. The second kappa shape index (κ2) is 7.67. The quantitative estimate of drug-likeness (QED) is 0.666. The number of carbonyl (C=O) groups is 1. The summed E-state index contributed by atoms with van der Waals surface area (Å²) >= 11 is 0. The Bertz CT molecular complexity index is 225. The van der Waals surface area contributed by atoms with E-state index in [9.17, 15) is 4.79 Å². The standard InChI is InChI=1S/C13H26N2O2/c1-17-13(8-4-2-5-9-13)12(16)15-11-7-3-6-10-14/h2-11,14H2,1H3,(H,15,16). The van der Waals surface area contributed by atoms with Gasteiger partial charge in [0.1, 0.15) is 5.60 Å². The van der Waals surface area contributed by atoms with Crippen LogP contribution in [-0.2, 0) is 9.53 Å². The van der Waals surface area contributed by atoms with Crippen LogP contribution in [0.4, 0.5) is 0 Å². The molecule has 0 spiro atoms. The maximum atomic E-state index is 12.1. The van der Waals surface area contributed by atoms with Gasteiger partial charge in [0.2, 0.25) is 0 Å². The molecule has 0 bridgehead atoms. The Hall–Kier alpha value is -0.610. The van der Waals surface area contributed by atoms with Gasteiger partial charge in [-0.3, -0.25) is 4.79 Å². The van der Waals surface area contributed by atoms with Crippen molar-refractivity contribution < 1.29 is 9.53 Å². The molecule has 0 radical (unpaired) electrons. The van der Waals surface area contributed by atoms with Crippen molar-refractivity contribution in [2.75, 3.05) is 20.2 Å². The molecule has 0 aromatic carbocycles. The highest BCUT2D eigenvalue weighted by molar-refractivity contribution is 5.85. The first-order valence-electron chi connectivity index (χ1n) is 6.79. The van der Waals surface area contributed by atoms with E-state index in [0.717, 1.165) is 58.0 Å². The van der Waals surface area contributed by atoms with Gasteiger partial charge in [-0.15, -0.1) is 0 Å². The first-order chi connectivity index (χ1) is 8.25. The molecule has 1 amide bonds. The van der Waals surface area contributed by atoms with E-state index in [-0.39, 0.29) is 5.91 Å². The lowest BCUT2D eigenvalue weighted by Gasteiger charge is -2.34. The van der Waals surface area contributed by atoms with Crippen LogP contribution in [0.3, 0.4) is 0 Å². The highest BCUT2D eigenvalue weighted by atomic mass is 16.5. The van der Waals surface area contributed by atoms with Gasteiger partial charge >= 0.3 is 0 Å². The van der Waals surface area contributed by atoms with Crippen LogP contribution in [0.5, 0.6) is 0 Å². The third kappa shape index (κ3) is 4.28. The van der Waals surface area contributed by atoms with E-state index in [1.807, 2.05) is 0 Å². The summed E-state index contributed by atoms with van der Waals surface area (Å²) in [5, 5.41) is 3.00. The van der Waals surface area contributed by atoms with Gasteiger partial charge in [0.15, 0.2) is 0 Å². The summed E-state index contributed by atoms with van der Waals surface area (Å²) in [6.07, 6.45) is 8.23. The minimum Gasteiger partial charge on any atom is -0.368 e. The Morgan fingerprint density at radius 2 is 1.94 bits per heavy atom. The number of hydrogen-bond acceptors (Lipinski definition) is 3. The Morgan fingerprint density at radius 3 is 2.53 bits per heavy atom. The van der Waals surface area contributed by atoms with Gasteiger partial charge in [-0.2, -0.15) is 0 Å². The maximum Gasteiger partial charge on any atom is 0.252 e. The first kappa shape index (κ1) is 14.5. The van der Waals surface area contributed by atoms with Gasteiger partial charge in [-0.05, 0) is 32.2 Å². The number of hydrogen-bond donors (Lipinski definition) is 2. The smallest absolute Gasteiger partial charge is 0.252 e. The molecule has 4 heteroatoms. The van der Waals surface area contributed by atoms with Crippen LogP contribution < -0.4 is 11.1 Å². The van der Waals surface area contributed by atoms with E-state index >= 15 is 0 Å². The van der Waals surface area contributed by atoms with Crippen LogP contribution in [0.15, 0.2) is 0 Å². The molecule has 17 heavy (non-hydrogen) atoms. The summed E-state index contributed by atoms with van der Waals surface area (Å²) in [5.74, 6) is 0.0763. The molecular formula is C13H26N2O2. The molecule has 1 aliphatic carbocycles. The lowest BCUT2D eigenvalue weighted by molar-refractivity contribution is -0.147. The molecule has 1 aliphatic rings. The van der Waals surface area contributed by atoms with Crippen molar-refractivity contribution in [3.8, 4) is 0 Å². The second-order valence-electron chi connectivity index (χ2n) is 4.86. The van der Waals surface area contributed by atoms with Gasteiger partial charge in [-0.25, -0.2) is 0 Å². The van der Waals surface area contributed by atoms with E-state index in [0.29, 0.717) is 0 Å². The Kier molecular flexibility index (Phi) is 6.52. The van der Waals surface area contributed by atoms with Crippen molar-refractivity contribution in [1.82, 2.24) is 5.32 Å². The van der Waals surface area contributed by atoms with Crippen LogP contribution in [0.2, 0.25) is 0 Å². The highest BCUT2D eigenvalue weighted by Crippen LogP contribution is 2.31. The topological polar surface area (TPSA) is 64.3 Å². The largest absolute Gasteiger partial charge is 0.368 e. The number of carbonyl (C=O) groups excluding carboxylic acids is 1. The van der Waals surface area contributed by atoms with Gasteiger partial charge in [0.05, 0.1) is 0 Å². The molecule has 0 aromatic rings. The molecule has 0 heterocycles. The summed E-state index contributed by atoms with van der Waals surface area (Å²) < 4.78 is 5.49. The van der Waals surface area contributed by atoms with E-state index in [1.54, 1.807) is 7.11 Å². The van der Waals surface area contributed by atoms with Crippen LogP contribution in [0.1, 0.15) is 51.4 Å². The SMILES string of the molecule is COC1(C(=O)NCCCCCN)CCCCC1. The Labute approximate surface area is 104 Å². The van der Waals surface area contributed by atoms with Gasteiger partial charge in [0, 0.05) is 13.7 Å². The molecular weight excluding hydrogens is 216 g/mol. The van der Waals surface area contributed by atoms with Crippen molar-refractivity contribution in [3.63, 3.8) is 0 Å². The van der Waals surface area contributed by atoms with Crippen molar-refractivity contribution in [3.05, 3.63) is 0 Å². The van der Waals surface area contributed by atoms with Crippen LogP contribution in [-0.4, -0.2) is 31.7 Å². The fraction of sp³-hybridized carbons (Fsp3) is 0.923. The number of unbranched alkanes of at least 4 members (excludes halogenated alkanes) is 2. The molecule has 1 fully saturated rings. The summed E-state index contributed by atoms with van der Waals surface area (Å²) in [7, 11) is 1.65. The normalized spacial score (nSPS) is 18.9. The van der Waals surface area contributed by atoms with Crippen molar-refractivity contribution in [2.45, 2.75) is 57.0 Å². The van der Waals surface area contributed by atoms with E-state index < -0.39 is 5.60 Å². The fourth-order valence-electron chi connectivity index (χ4n) is 2.46. The Balaban J connectivity index is 2.28. The van der Waals surface area contributed by atoms with Crippen LogP contribution in [0.25, 0.3) is 0 Å². The first-order valence-corrected chi connectivity index (χ1v) is 6.79. The van der Waals surface area contributed by atoms with E-state index in [1.165, 1.54) is 6.42 Å². The molecule has 1 saturated carbocycles. The molecule has 0 atom stereocenters. The number of rotatable bonds is 7. The maximum absolute atomic E-state index is 12.1. The summed E-state index contributed by atoms with van der Waals surface area (Å²) in [6, 6.07) is 0. The molecule has 0 unspecified atom stereocenters. The van der Waals surface area contributed by atoms with Gasteiger partial charge in [-0.1, -0.05) is 25.7 Å². The number of ether oxygens (including phenoxy) is 1. The van der Waals surface area contributed by atoms with Crippen LogP contribution >= 0.6 is 0 Å². The number of methoxy groups -OCH3 is 1.